The summed E-state index contributed by atoms with van der Waals surface area (Å²) in [5.74, 6) is 1.07. The van der Waals surface area contributed by atoms with Crippen LogP contribution in [0.4, 0.5) is 4.39 Å². The summed E-state index contributed by atoms with van der Waals surface area (Å²) in [5, 5.41) is 12.1. The molecule has 0 radical (unpaired) electrons. The van der Waals surface area contributed by atoms with Gasteiger partial charge in [-0.3, -0.25) is 0 Å². The Bertz CT molecular complexity index is 658. The molecule has 2 aliphatic rings. The number of aromatic nitrogens is 1. The zero-order valence-corrected chi connectivity index (χ0v) is 13.0. The molecule has 1 unspecified atom stereocenters. The van der Waals surface area contributed by atoms with Crippen molar-refractivity contribution in [3.63, 3.8) is 0 Å². The largest absolute Gasteiger partial charge is 0.473 e. The van der Waals surface area contributed by atoms with Crippen LogP contribution >= 0.6 is 0 Å². The molecule has 1 atom stereocenters. The molecule has 3 rings (SSSR count). The molecule has 0 aromatic carbocycles. The van der Waals surface area contributed by atoms with E-state index < -0.39 is 5.67 Å². The van der Waals surface area contributed by atoms with Gasteiger partial charge in [-0.15, -0.1) is 0 Å². The smallest absolute Gasteiger partial charge is 0.218 e. The fourth-order valence-electron chi connectivity index (χ4n) is 2.86. The zero-order chi connectivity index (χ0) is 16.1. The first-order valence-electron chi connectivity index (χ1n) is 7.97. The summed E-state index contributed by atoms with van der Waals surface area (Å²) >= 11 is 0. The van der Waals surface area contributed by atoms with E-state index >= 15 is 0 Å². The minimum Gasteiger partial charge on any atom is -0.473 e. The number of nitrogens with one attached hydrogen (secondary N) is 1. The van der Waals surface area contributed by atoms with Crippen LogP contribution in [0.15, 0.2) is 42.0 Å². The summed E-state index contributed by atoms with van der Waals surface area (Å²) < 4.78 is 19.5. The van der Waals surface area contributed by atoms with Gasteiger partial charge in [-0.2, -0.15) is 5.26 Å². The highest BCUT2D eigenvalue weighted by molar-refractivity contribution is 5.33. The van der Waals surface area contributed by atoms with E-state index in [0.717, 1.165) is 37.2 Å². The number of halogens is 1. The topological polar surface area (TPSA) is 57.9 Å². The second-order valence-electron chi connectivity index (χ2n) is 6.00. The lowest BCUT2D eigenvalue weighted by molar-refractivity contribution is 0.302. The van der Waals surface area contributed by atoms with Gasteiger partial charge in [-0.05, 0) is 43.6 Å². The highest BCUT2D eigenvalue weighted by Crippen LogP contribution is 2.26. The van der Waals surface area contributed by atoms with E-state index in [-0.39, 0.29) is 6.42 Å². The molecule has 1 aromatic rings. The second kappa shape index (κ2) is 6.93. The number of rotatable bonds is 4. The van der Waals surface area contributed by atoms with Crippen molar-refractivity contribution in [3.8, 4) is 11.9 Å². The maximum atomic E-state index is 13.7. The van der Waals surface area contributed by atoms with Crippen LogP contribution in [0.25, 0.3) is 0 Å². The minimum absolute atomic E-state index is 0.0707. The van der Waals surface area contributed by atoms with Gasteiger partial charge < -0.3 is 10.1 Å². The van der Waals surface area contributed by atoms with Crippen LogP contribution in [0.1, 0.15) is 30.9 Å². The fraction of sp³-hybridized carbons (Fsp3) is 0.444. The molecule has 4 nitrogen and oxygen atoms in total. The van der Waals surface area contributed by atoms with Crippen LogP contribution in [-0.2, 0) is 0 Å². The maximum absolute atomic E-state index is 13.7. The fourth-order valence-corrected chi connectivity index (χ4v) is 2.86. The van der Waals surface area contributed by atoms with E-state index in [2.05, 4.69) is 10.3 Å². The summed E-state index contributed by atoms with van der Waals surface area (Å²) in [7, 11) is 0. The number of alkyl halides is 1. The quantitative estimate of drug-likeness (QED) is 0.928. The third-order valence-electron chi connectivity index (χ3n) is 4.30. The molecule has 5 heteroatoms. The summed E-state index contributed by atoms with van der Waals surface area (Å²) in [5.41, 5.74) is 0.0588. The van der Waals surface area contributed by atoms with Crippen LogP contribution in [0.3, 0.4) is 0 Å². The van der Waals surface area contributed by atoms with Crippen LogP contribution in [-0.4, -0.2) is 30.3 Å². The molecule has 0 amide bonds. The highest BCUT2D eigenvalue weighted by Gasteiger charge is 2.27. The molecule has 0 bridgehead atoms. The Labute approximate surface area is 135 Å². The van der Waals surface area contributed by atoms with Gasteiger partial charge in [-0.25, -0.2) is 9.37 Å². The van der Waals surface area contributed by atoms with E-state index in [1.807, 2.05) is 18.2 Å². The lowest BCUT2D eigenvalue weighted by Gasteiger charge is -2.22. The lowest BCUT2D eigenvalue weighted by Crippen LogP contribution is -2.27. The first kappa shape index (κ1) is 15.7. The van der Waals surface area contributed by atoms with Gasteiger partial charge in [0.15, 0.2) is 0 Å². The normalized spacial score (nSPS) is 24.8. The monoisotopic (exact) mass is 313 g/mol. The average Bonchev–Trinajstić information content (AvgIpc) is 2.62. The van der Waals surface area contributed by atoms with Crippen molar-refractivity contribution < 1.29 is 9.13 Å². The number of hydrogen-bond donors (Lipinski definition) is 1. The number of nitriles is 1. The van der Waals surface area contributed by atoms with Crippen LogP contribution in [0, 0.1) is 11.3 Å². The van der Waals surface area contributed by atoms with Gasteiger partial charge in [0, 0.05) is 24.1 Å². The van der Waals surface area contributed by atoms with Crippen molar-refractivity contribution >= 4 is 0 Å². The molecule has 1 saturated heterocycles. The molecule has 0 spiro atoms. The molecule has 1 aliphatic heterocycles. The Morgan fingerprint density at radius 3 is 2.91 bits per heavy atom. The standard InChI is InChI=1S/C18H20FN3O/c19-18(13-20)8-4-14(5-9-18)12-23-17-3-1-2-16(22-17)15-6-10-21-11-7-15/h1-5,8,15,21H,6-7,9-12H2. The highest BCUT2D eigenvalue weighted by atomic mass is 19.1. The summed E-state index contributed by atoms with van der Waals surface area (Å²) in [4.78, 5) is 4.60. The van der Waals surface area contributed by atoms with Gasteiger partial charge in [0.25, 0.3) is 0 Å². The van der Waals surface area contributed by atoms with E-state index in [4.69, 9.17) is 10.00 Å². The lowest BCUT2D eigenvalue weighted by atomic mass is 9.94. The number of nitrogens with zero attached hydrogens (tertiary/aromatic N) is 2. The Balaban J connectivity index is 1.59. The zero-order valence-electron chi connectivity index (χ0n) is 13.0. The molecule has 2 heterocycles. The van der Waals surface area contributed by atoms with E-state index in [1.54, 1.807) is 18.2 Å². The van der Waals surface area contributed by atoms with Crippen molar-refractivity contribution in [2.75, 3.05) is 19.7 Å². The predicted molar refractivity (Wildman–Crippen MR) is 85.9 cm³/mol. The van der Waals surface area contributed by atoms with Crippen LogP contribution < -0.4 is 10.1 Å². The summed E-state index contributed by atoms with van der Waals surface area (Å²) in [6.45, 7) is 2.39. The van der Waals surface area contributed by atoms with Gasteiger partial charge in [0.2, 0.25) is 11.5 Å². The van der Waals surface area contributed by atoms with Crippen LogP contribution in [0.5, 0.6) is 5.88 Å². The van der Waals surface area contributed by atoms with Gasteiger partial charge in [0.1, 0.15) is 12.7 Å². The Hall–Kier alpha value is -2.19. The van der Waals surface area contributed by atoms with E-state index in [1.165, 1.54) is 6.08 Å². The number of hydrogen-bond acceptors (Lipinski definition) is 4. The maximum Gasteiger partial charge on any atom is 0.218 e. The van der Waals surface area contributed by atoms with Gasteiger partial charge in [0.05, 0.1) is 0 Å². The molecule has 23 heavy (non-hydrogen) atoms. The molecule has 1 fully saturated rings. The third kappa shape index (κ3) is 3.96. The van der Waals surface area contributed by atoms with E-state index in [9.17, 15) is 4.39 Å². The number of pyridine rings is 1. The molecule has 0 saturated carbocycles. The molecular formula is C18H20FN3O. The minimum atomic E-state index is -1.88. The molecule has 1 aliphatic carbocycles. The molecular weight excluding hydrogens is 293 g/mol. The molecule has 1 N–H and O–H groups in total. The Kier molecular flexibility index (Phi) is 4.73. The van der Waals surface area contributed by atoms with Gasteiger partial charge in [-0.1, -0.05) is 18.2 Å². The predicted octanol–water partition coefficient (Wildman–Crippen LogP) is 3.05. The molecule has 120 valence electrons. The Morgan fingerprint density at radius 2 is 2.22 bits per heavy atom. The Morgan fingerprint density at radius 1 is 1.39 bits per heavy atom. The number of allylic oxidation sites excluding steroid dienone is 2. The number of ether oxygens (including phenoxy) is 1. The van der Waals surface area contributed by atoms with Crippen molar-refractivity contribution in [2.45, 2.75) is 30.8 Å². The summed E-state index contributed by atoms with van der Waals surface area (Å²) in [6, 6.07) is 7.52. The second-order valence-corrected chi connectivity index (χ2v) is 6.00. The first-order chi connectivity index (χ1) is 11.2. The first-order valence-corrected chi connectivity index (χ1v) is 7.97. The number of piperidine rings is 1. The summed E-state index contributed by atoms with van der Waals surface area (Å²) in [6.07, 6.45) is 6.88. The van der Waals surface area contributed by atoms with Crippen molar-refractivity contribution in [1.82, 2.24) is 10.3 Å². The van der Waals surface area contributed by atoms with Crippen LogP contribution in [0.2, 0.25) is 0 Å². The average molecular weight is 313 g/mol. The van der Waals surface area contributed by atoms with Crippen molar-refractivity contribution in [1.29, 1.82) is 5.26 Å². The van der Waals surface area contributed by atoms with Gasteiger partial charge >= 0.3 is 0 Å². The SMILES string of the molecule is N#CC1(F)C=CC(COc2cccc(C3CCNCC3)n2)=CC1. The van der Waals surface area contributed by atoms with Crippen molar-refractivity contribution in [3.05, 3.63) is 47.7 Å². The molecule has 1 aromatic heterocycles. The van der Waals surface area contributed by atoms with Crippen molar-refractivity contribution in [2.24, 2.45) is 0 Å². The van der Waals surface area contributed by atoms with E-state index in [0.29, 0.717) is 18.4 Å². The third-order valence-corrected chi connectivity index (χ3v) is 4.30.